The Morgan fingerprint density at radius 1 is 1.19 bits per heavy atom. The normalized spacial score (nSPS) is 12.0. The number of amides is 2. The number of nitrogens with one attached hydrogen (secondary N) is 3. The van der Waals surface area contributed by atoms with Crippen molar-refractivity contribution in [2.45, 2.75) is 13.0 Å². The van der Waals surface area contributed by atoms with Gasteiger partial charge in [-0.25, -0.2) is 14.8 Å². The van der Waals surface area contributed by atoms with Crippen LogP contribution in [0.3, 0.4) is 0 Å². The fraction of sp³-hybridized carbons (Fsp3) is 0.105. The van der Waals surface area contributed by atoms with E-state index in [-0.39, 0.29) is 12.1 Å². The van der Waals surface area contributed by atoms with Crippen LogP contribution >= 0.6 is 11.3 Å². The highest BCUT2D eigenvalue weighted by atomic mass is 32.1. The van der Waals surface area contributed by atoms with Crippen LogP contribution in [0.2, 0.25) is 0 Å². The number of thiazole rings is 1. The van der Waals surface area contributed by atoms with E-state index in [1.165, 1.54) is 11.3 Å². The third-order valence-corrected chi connectivity index (χ3v) is 4.80. The number of hydrogen-bond donors (Lipinski definition) is 3. The fourth-order valence-electron chi connectivity index (χ4n) is 2.71. The van der Waals surface area contributed by atoms with Crippen molar-refractivity contribution >= 4 is 34.1 Å². The number of urea groups is 1. The van der Waals surface area contributed by atoms with Crippen molar-refractivity contribution in [2.24, 2.45) is 0 Å². The third-order valence-electron chi connectivity index (χ3n) is 4.02. The number of carbonyl (C=O) groups excluding carboxylic acids is 1. The number of aromatic amines is 1. The highest BCUT2D eigenvalue weighted by molar-refractivity contribution is 7.13. The van der Waals surface area contributed by atoms with Gasteiger partial charge >= 0.3 is 6.03 Å². The van der Waals surface area contributed by atoms with Crippen LogP contribution in [-0.4, -0.2) is 21.0 Å². The van der Waals surface area contributed by atoms with Gasteiger partial charge in [-0.1, -0.05) is 30.3 Å². The van der Waals surface area contributed by atoms with Gasteiger partial charge in [-0.05, 0) is 30.7 Å². The maximum absolute atomic E-state index is 12.3. The maximum Gasteiger partial charge on any atom is 0.319 e. The van der Waals surface area contributed by atoms with Crippen molar-refractivity contribution in [1.29, 1.82) is 0 Å². The summed E-state index contributed by atoms with van der Waals surface area (Å²) in [5, 5.41) is 8.54. The van der Waals surface area contributed by atoms with Gasteiger partial charge in [0, 0.05) is 17.3 Å². The first-order valence-electron chi connectivity index (χ1n) is 8.21. The number of anilines is 1. The third kappa shape index (κ3) is 3.43. The molecule has 0 aliphatic carbocycles. The minimum Gasteiger partial charge on any atom is -0.336 e. The predicted molar refractivity (Wildman–Crippen MR) is 104 cm³/mol. The molecule has 0 unspecified atom stereocenters. The molecular formula is C19H17N5OS. The summed E-state index contributed by atoms with van der Waals surface area (Å²) < 4.78 is 0. The summed E-state index contributed by atoms with van der Waals surface area (Å²) >= 11 is 1.53. The Kier molecular flexibility index (Phi) is 4.37. The molecule has 0 radical (unpaired) electrons. The van der Waals surface area contributed by atoms with Crippen molar-refractivity contribution < 1.29 is 4.79 Å². The first-order chi connectivity index (χ1) is 12.7. The van der Waals surface area contributed by atoms with Crippen LogP contribution in [0.25, 0.3) is 21.9 Å². The smallest absolute Gasteiger partial charge is 0.319 e. The van der Waals surface area contributed by atoms with Crippen LogP contribution < -0.4 is 10.6 Å². The molecule has 2 aromatic heterocycles. The molecule has 2 aromatic carbocycles. The van der Waals surface area contributed by atoms with Crippen LogP contribution in [0.15, 0.2) is 60.1 Å². The number of imidazole rings is 1. The summed E-state index contributed by atoms with van der Waals surface area (Å²) in [7, 11) is 0. The van der Waals surface area contributed by atoms with E-state index >= 15 is 0 Å². The summed E-state index contributed by atoms with van der Waals surface area (Å²) in [6.45, 7) is 1.95. The fourth-order valence-corrected chi connectivity index (χ4v) is 3.29. The molecule has 0 bridgehead atoms. The summed E-state index contributed by atoms with van der Waals surface area (Å²) in [4.78, 5) is 24.3. The topological polar surface area (TPSA) is 82.7 Å². The number of fused-ring (bicyclic) bond motifs is 1. The molecule has 3 N–H and O–H groups in total. The largest absolute Gasteiger partial charge is 0.336 e. The minimum atomic E-state index is -0.253. The lowest BCUT2D eigenvalue weighted by Gasteiger charge is -2.15. The number of H-pyrrole nitrogens is 1. The van der Waals surface area contributed by atoms with Gasteiger partial charge in [0.15, 0.2) is 10.8 Å². The number of benzene rings is 2. The van der Waals surface area contributed by atoms with E-state index < -0.39 is 0 Å². The first-order valence-corrected chi connectivity index (χ1v) is 9.09. The van der Waals surface area contributed by atoms with Gasteiger partial charge in [0.1, 0.15) is 0 Å². The summed E-state index contributed by atoms with van der Waals surface area (Å²) in [6.07, 6.45) is 1.75. The van der Waals surface area contributed by atoms with E-state index in [9.17, 15) is 4.79 Å². The molecule has 2 amide bonds. The Morgan fingerprint density at radius 3 is 2.81 bits per heavy atom. The average molecular weight is 363 g/mol. The van der Waals surface area contributed by atoms with Crippen molar-refractivity contribution in [3.05, 3.63) is 65.7 Å². The second kappa shape index (κ2) is 6.97. The first kappa shape index (κ1) is 16.3. The Labute approximate surface area is 154 Å². The van der Waals surface area contributed by atoms with E-state index in [4.69, 9.17) is 0 Å². The van der Waals surface area contributed by atoms with Crippen molar-refractivity contribution in [1.82, 2.24) is 20.3 Å². The lowest BCUT2D eigenvalue weighted by molar-refractivity contribution is 0.249. The Morgan fingerprint density at radius 2 is 2.04 bits per heavy atom. The number of carbonyl (C=O) groups is 1. The second-order valence-electron chi connectivity index (χ2n) is 5.89. The van der Waals surface area contributed by atoms with Crippen LogP contribution in [0.1, 0.15) is 18.5 Å². The molecule has 2 heterocycles. The van der Waals surface area contributed by atoms with Crippen LogP contribution in [0.4, 0.5) is 10.5 Å². The van der Waals surface area contributed by atoms with Crippen molar-refractivity contribution in [3.8, 4) is 10.8 Å². The highest BCUT2D eigenvalue weighted by Gasteiger charge is 2.11. The maximum atomic E-state index is 12.3. The summed E-state index contributed by atoms with van der Waals surface area (Å²) in [5.41, 5.74) is 3.42. The molecule has 0 spiro atoms. The Balaban J connectivity index is 1.47. The molecule has 1 atom stereocenters. The SMILES string of the molecule is C[C@@H](NC(=O)Nc1ccc2[nH]c(-c3nccs3)nc2c1)c1ccccc1. The minimum absolute atomic E-state index is 0.0816. The van der Waals surface area contributed by atoms with E-state index in [0.29, 0.717) is 5.69 Å². The van der Waals surface area contributed by atoms with E-state index in [0.717, 1.165) is 27.4 Å². The number of hydrogen-bond acceptors (Lipinski definition) is 4. The summed E-state index contributed by atoms with van der Waals surface area (Å²) in [6, 6.07) is 15.1. The molecule has 0 fully saturated rings. The van der Waals surface area contributed by atoms with Gasteiger partial charge in [-0.15, -0.1) is 11.3 Å². The molecule has 6 nitrogen and oxygen atoms in total. The molecule has 0 aliphatic rings. The van der Waals surface area contributed by atoms with Crippen LogP contribution in [0.5, 0.6) is 0 Å². The summed E-state index contributed by atoms with van der Waals surface area (Å²) in [5.74, 6) is 0.731. The van der Waals surface area contributed by atoms with Crippen LogP contribution in [-0.2, 0) is 0 Å². The quantitative estimate of drug-likeness (QED) is 0.497. The zero-order chi connectivity index (χ0) is 17.9. The zero-order valence-electron chi connectivity index (χ0n) is 14.1. The average Bonchev–Trinajstić information content (AvgIpc) is 3.31. The molecule has 26 heavy (non-hydrogen) atoms. The molecule has 7 heteroatoms. The zero-order valence-corrected chi connectivity index (χ0v) is 14.9. The molecular weight excluding hydrogens is 346 g/mol. The standard InChI is InChI=1S/C19H17N5OS/c1-12(13-5-3-2-4-6-13)21-19(25)22-14-7-8-15-16(11-14)24-17(23-15)18-20-9-10-26-18/h2-12H,1H3,(H,23,24)(H2,21,22,25)/t12-/m1/s1. The van der Waals surface area contributed by atoms with Crippen LogP contribution in [0, 0.1) is 0 Å². The molecule has 0 saturated carbocycles. The molecule has 0 aliphatic heterocycles. The van der Waals surface area contributed by atoms with Gasteiger partial charge < -0.3 is 15.6 Å². The van der Waals surface area contributed by atoms with Gasteiger partial charge in [0.05, 0.1) is 17.1 Å². The number of rotatable bonds is 4. The molecule has 0 saturated heterocycles. The van der Waals surface area contributed by atoms with Gasteiger partial charge in [-0.3, -0.25) is 0 Å². The lowest BCUT2D eigenvalue weighted by atomic mass is 10.1. The second-order valence-corrected chi connectivity index (χ2v) is 6.78. The van der Waals surface area contributed by atoms with Crippen molar-refractivity contribution in [3.63, 3.8) is 0 Å². The molecule has 4 rings (SSSR count). The Bertz CT molecular complexity index is 1030. The molecule has 130 valence electrons. The lowest BCUT2D eigenvalue weighted by Crippen LogP contribution is -2.31. The number of aromatic nitrogens is 3. The van der Waals surface area contributed by atoms with E-state index in [2.05, 4.69) is 25.6 Å². The van der Waals surface area contributed by atoms with Gasteiger partial charge in [-0.2, -0.15) is 0 Å². The van der Waals surface area contributed by atoms with E-state index in [1.807, 2.05) is 60.8 Å². The number of nitrogens with zero attached hydrogens (tertiary/aromatic N) is 2. The molecule has 4 aromatic rings. The highest BCUT2D eigenvalue weighted by Crippen LogP contribution is 2.24. The van der Waals surface area contributed by atoms with E-state index in [1.54, 1.807) is 6.20 Å². The predicted octanol–water partition coefficient (Wildman–Crippen LogP) is 4.57. The van der Waals surface area contributed by atoms with Crippen molar-refractivity contribution in [2.75, 3.05) is 5.32 Å². The Hall–Kier alpha value is -3.19. The van der Waals surface area contributed by atoms with Gasteiger partial charge in [0.2, 0.25) is 0 Å². The van der Waals surface area contributed by atoms with Gasteiger partial charge in [0.25, 0.3) is 0 Å². The monoisotopic (exact) mass is 363 g/mol.